The lowest BCUT2D eigenvalue weighted by Gasteiger charge is -2.51. The highest BCUT2D eigenvalue weighted by molar-refractivity contribution is 5.90. The summed E-state index contributed by atoms with van der Waals surface area (Å²) < 4.78 is 88.0. The van der Waals surface area contributed by atoms with Crippen molar-refractivity contribution in [3.8, 4) is 23.0 Å². The van der Waals surface area contributed by atoms with E-state index in [0.717, 1.165) is 25.2 Å². The van der Waals surface area contributed by atoms with E-state index in [2.05, 4.69) is 0 Å². The van der Waals surface area contributed by atoms with Crippen molar-refractivity contribution in [1.29, 1.82) is 0 Å². The zero-order valence-electron chi connectivity index (χ0n) is 49.6. The van der Waals surface area contributed by atoms with Crippen molar-refractivity contribution in [3.63, 3.8) is 0 Å². The lowest BCUT2D eigenvalue weighted by Crippen LogP contribution is -2.69. The van der Waals surface area contributed by atoms with E-state index in [0.29, 0.717) is 0 Å². The Hall–Kier alpha value is -6.66. The molecule has 5 aliphatic rings. The van der Waals surface area contributed by atoms with Crippen molar-refractivity contribution < 1.29 is 167 Å². The summed E-state index contributed by atoms with van der Waals surface area (Å²) in [7, 11) is 2.52. The number of carbonyl (C=O) groups is 4. The van der Waals surface area contributed by atoms with E-state index in [4.69, 9.17) is 71.1 Å². The maximum Gasteiger partial charge on any atom is 0.338 e. The van der Waals surface area contributed by atoms with E-state index in [1.54, 1.807) is 6.07 Å². The first kappa shape index (κ1) is 72.2. The molecule has 0 aromatic heterocycles. The number of benzene rings is 3. The second kappa shape index (κ2) is 32.2. The highest BCUT2D eigenvalue weighted by atomic mass is 16.8. The number of carbonyl (C=O) groups excluding carboxylic acids is 4. The first-order chi connectivity index (χ1) is 44.4. The molecule has 24 atom stereocenters. The van der Waals surface area contributed by atoms with Crippen LogP contribution < -0.4 is 9.47 Å². The summed E-state index contributed by atoms with van der Waals surface area (Å²) in [6, 6.07) is 15.0. The van der Waals surface area contributed by atoms with E-state index < -0.39 is 210 Å². The number of esters is 4. The van der Waals surface area contributed by atoms with Crippen molar-refractivity contribution in [3.05, 3.63) is 95.6 Å². The van der Waals surface area contributed by atoms with Crippen LogP contribution >= 0.6 is 0 Å². The number of aliphatic hydroxyl groups excluding tert-OH is 13. The van der Waals surface area contributed by atoms with Crippen molar-refractivity contribution >= 4 is 36.0 Å². The predicted octanol–water partition coefficient (Wildman–Crippen LogP) is -5.53. The Bertz CT molecular complexity index is 3020. The fourth-order valence-electron chi connectivity index (χ4n) is 10.6. The van der Waals surface area contributed by atoms with Crippen LogP contribution in [0.4, 0.5) is 0 Å². The smallest absolute Gasteiger partial charge is 0.338 e. The lowest BCUT2D eigenvalue weighted by molar-refractivity contribution is -0.421. The Labute approximate surface area is 527 Å². The molecule has 0 bridgehead atoms. The molecule has 34 heteroatoms. The number of aromatic hydroxyl groups is 2. The van der Waals surface area contributed by atoms with Gasteiger partial charge in [-0.3, -0.25) is 4.79 Å². The number of rotatable bonds is 25. The minimum Gasteiger partial charge on any atom is -0.504 e. The largest absolute Gasteiger partial charge is 0.504 e. The molecule has 0 spiro atoms. The molecule has 0 radical (unpaired) electrons. The second-order valence-electron chi connectivity index (χ2n) is 21.7. The van der Waals surface area contributed by atoms with E-state index >= 15 is 0 Å². The molecule has 3 aromatic carbocycles. The van der Waals surface area contributed by atoms with Gasteiger partial charge in [0.15, 0.2) is 66.5 Å². The van der Waals surface area contributed by atoms with Gasteiger partial charge in [-0.05, 0) is 59.7 Å². The molecular formula is C59H74O34. The summed E-state index contributed by atoms with van der Waals surface area (Å²) in [6.07, 6.45) is -44.6. The van der Waals surface area contributed by atoms with Crippen molar-refractivity contribution in [2.24, 2.45) is 0 Å². The Balaban J connectivity index is 1.28. The summed E-state index contributed by atoms with van der Waals surface area (Å²) in [5.41, 5.74) is 0.365. The number of hydrogen-bond acceptors (Lipinski definition) is 34. The van der Waals surface area contributed by atoms with Gasteiger partial charge in [0.05, 0.1) is 46.2 Å². The van der Waals surface area contributed by atoms with Crippen LogP contribution in [-0.2, 0) is 76.0 Å². The third-order valence-corrected chi connectivity index (χ3v) is 15.5. The van der Waals surface area contributed by atoms with Crippen LogP contribution in [0.1, 0.15) is 28.4 Å². The van der Waals surface area contributed by atoms with E-state index in [1.807, 2.05) is 0 Å². The van der Waals surface area contributed by atoms with E-state index in [1.165, 1.54) is 81.0 Å². The molecule has 5 fully saturated rings. The van der Waals surface area contributed by atoms with Gasteiger partial charge < -0.3 is 148 Å². The van der Waals surface area contributed by atoms with Gasteiger partial charge in [0.1, 0.15) is 111 Å². The Morgan fingerprint density at radius 2 is 1.03 bits per heavy atom. The maximum absolute atomic E-state index is 14.5. The topological polar surface area (TPSA) is 510 Å². The van der Waals surface area contributed by atoms with Crippen molar-refractivity contribution in [1.82, 2.24) is 0 Å². The highest BCUT2D eigenvalue weighted by Crippen LogP contribution is 2.42. The van der Waals surface area contributed by atoms with Crippen LogP contribution in [0.15, 0.2) is 78.9 Å². The fourth-order valence-corrected chi connectivity index (χ4v) is 10.6. The first-order valence-corrected chi connectivity index (χ1v) is 28.8. The van der Waals surface area contributed by atoms with Gasteiger partial charge in [-0.1, -0.05) is 30.3 Å². The first-order valence-electron chi connectivity index (χ1n) is 28.8. The molecule has 0 unspecified atom stereocenters. The Morgan fingerprint density at radius 1 is 0.505 bits per heavy atom. The third kappa shape index (κ3) is 16.7. The number of hydrogen-bond donors (Lipinski definition) is 15. The fraction of sp³-hybridized carbons (Fsp3) is 0.559. The molecule has 93 heavy (non-hydrogen) atoms. The van der Waals surface area contributed by atoms with E-state index in [9.17, 15) is 95.8 Å². The predicted molar refractivity (Wildman–Crippen MR) is 301 cm³/mol. The Morgan fingerprint density at radius 3 is 1.59 bits per heavy atom. The summed E-state index contributed by atoms with van der Waals surface area (Å²) in [4.78, 5) is 54.9. The van der Waals surface area contributed by atoms with Crippen LogP contribution in [0.25, 0.3) is 12.2 Å². The molecule has 3 aromatic rings. The quantitative estimate of drug-likeness (QED) is 0.0214. The van der Waals surface area contributed by atoms with Crippen LogP contribution in [0.2, 0.25) is 0 Å². The molecular weight excluding hydrogens is 1250 g/mol. The maximum atomic E-state index is 14.5. The monoisotopic (exact) mass is 1330 g/mol. The SMILES string of the molecule is COc1cc(/C=C/C(=O)OC[C@H]2O[C@H](O[C@]3(CO)O[C@H](CO)[C@@H](O)[C@@H]3OC(=O)c3ccccc3)[C@H](O[C@@H]3O[C@H](CO)[C@@H](O)[C@H](O)[C@H]3O)[C@@H](O[C@H]3O[C@H](CO[C@@H]4O[C@H](CO)[C@@H](O)[C@H](O)[C@H]4O)[C@@H](O)[C@H](OC(C)=O)[C@H]3O)[C@@H]2OC(=O)/C=C/c2ccc(O)c(OC)c2)ccc1O. The molecule has 514 valence electrons. The van der Waals surface area contributed by atoms with Crippen LogP contribution in [0.5, 0.6) is 23.0 Å². The molecule has 8 rings (SSSR count). The summed E-state index contributed by atoms with van der Waals surface area (Å²) in [5.74, 6) is -8.35. The number of phenols is 2. The molecule has 5 aliphatic heterocycles. The van der Waals surface area contributed by atoms with Gasteiger partial charge in [-0.2, -0.15) is 0 Å². The molecule has 5 heterocycles. The summed E-state index contributed by atoms with van der Waals surface area (Å²) in [5, 5.41) is 164. The van der Waals surface area contributed by atoms with Gasteiger partial charge in [-0.15, -0.1) is 0 Å². The van der Waals surface area contributed by atoms with Gasteiger partial charge in [0, 0.05) is 19.1 Å². The zero-order chi connectivity index (χ0) is 67.6. The zero-order valence-corrected chi connectivity index (χ0v) is 49.6. The number of phenolic OH excluding ortho intramolecular Hbond substituents is 2. The highest BCUT2D eigenvalue weighted by Gasteiger charge is 2.64. The van der Waals surface area contributed by atoms with Gasteiger partial charge in [0.25, 0.3) is 0 Å². The molecule has 15 N–H and O–H groups in total. The van der Waals surface area contributed by atoms with Crippen LogP contribution in [0.3, 0.4) is 0 Å². The number of ether oxygens (including phenoxy) is 15. The third-order valence-electron chi connectivity index (χ3n) is 15.5. The Kier molecular flexibility index (Phi) is 25.0. The molecule has 0 aliphatic carbocycles. The lowest BCUT2D eigenvalue weighted by atomic mass is 9.95. The van der Waals surface area contributed by atoms with Crippen LogP contribution in [0, 0.1) is 0 Å². The van der Waals surface area contributed by atoms with Gasteiger partial charge >= 0.3 is 23.9 Å². The van der Waals surface area contributed by atoms with Gasteiger partial charge in [-0.25, -0.2) is 14.4 Å². The molecule has 0 saturated carbocycles. The van der Waals surface area contributed by atoms with Crippen molar-refractivity contribution in [2.45, 2.75) is 154 Å². The summed E-state index contributed by atoms with van der Waals surface area (Å²) in [6.45, 7) is -5.68. The van der Waals surface area contributed by atoms with E-state index in [-0.39, 0.29) is 39.7 Å². The van der Waals surface area contributed by atoms with Gasteiger partial charge in [0.2, 0.25) is 5.79 Å². The summed E-state index contributed by atoms with van der Waals surface area (Å²) >= 11 is 0. The molecule has 0 amide bonds. The van der Waals surface area contributed by atoms with Crippen molar-refractivity contribution in [2.75, 3.05) is 53.9 Å². The normalized spacial score (nSPS) is 36.3. The number of methoxy groups -OCH3 is 2. The van der Waals surface area contributed by atoms with Crippen LogP contribution in [-0.4, -0.2) is 301 Å². The molecule has 5 saturated heterocycles. The standard InChI is InChI=1S/C59H74O34/c1-25(64)83-50-42(71)36(22-82-55-46(75)44(73)40(69)33(19-60)84-55)86-57(48(50)77)89-51-49(88-39(68)16-12-27-10-14-30(66)32(18-27)80-3)37(23-81-38(67)15-11-26-9-13-29(65)31(17-26)79-2)87-58(52(51)90-56-47(76)45(74)41(70)34(20-61)85-56)93-59(24-63)53(43(72)35(21-62)92-59)91-54(78)28-7-5-4-6-8-28/h4-18,33-37,40-53,55-58,60-63,65-66,69-77H,19-24H2,1-3H3/b15-11+,16-12+/t33-,34-,35-,36-,37-,40-,41-,42-,43-,44+,45+,46-,47-,48-,49-,50+,51+,52-,53+,55-,56+,57-,58-,59+/m1/s1. The minimum atomic E-state index is -2.95. The minimum absolute atomic E-state index is 0.0112. The average molecular weight is 1330 g/mol. The number of aliphatic hydroxyl groups is 13. The average Bonchev–Trinajstić information content (AvgIpc) is 1.72. The second-order valence-corrected chi connectivity index (χ2v) is 21.7. The molecule has 34 nitrogen and oxygen atoms in total.